The summed E-state index contributed by atoms with van der Waals surface area (Å²) in [7, 11) is 0. The van der Waals surface area contributed by atoms with E-state index in [-0.39, 0.29) is 37.8 Å². The van der Waals surface area contributed by atoms with Crippen LogP contribution in [-0.2, 0) is 14.3 Å². The first-order valence-corrected chi connectivity index (χ1v) is 10.7. The number of hydrogen-bond acceptors (Lipinski definition) is 8. The van der Waals surface area contributed by atoms with Gasteiger partial charge < -0.3 is 14.4 Å². The molecular formula is C23H27N5O4. The van der Waals surface area contributed by atoms with Crippen LogP contribution < -0.4 is 15.1 Å². The number of morpholine rings is 1. The maximum absolute atomic E-state index is 11.8. The Morgan fingerprint density at radius 1 is 1.16 bits per heavy atom. The van der Waals surface area contributed by atoms with Gasteiger partial charge in [-0.05, 0) is 12.5 Å². The lowest BCUT2D eigenvalue weighted by Gasteiger charge is -2.29. The zero-order valence-electron chi connectivity index (χ0n) is 18.1. The molecule has 0 saturated carbocycles. The van der Waals surface area contributed by atoms with E-state index in [9.17, 15) is 9.59 Å². The minimum Gasteiger partial charge on any atom is -0.476 e. The summed E-state index contributed by atoms with van der Waals surface area (Å²) in [4.78, 5) is 31.5. The minimum absolute atomic E-state index is 0.151. The molecule has 168 valence electrons. The number of aryl methyl sites for hydroxylation is 1. The molecule has 1 aromatic carbocycles. The number of anilines is 2. The molecule has 0 unspecified atom stereocenters. The Balaban J connectivity index is 1.46. The van der Waals surface area contributed by atoms with Crippen LogP contribution in [0.25, 0.3) is 0 Å². The summed E-state index contributed by atoms with van der Waals surface area (Å²) in [5.41, 5.74) is 6.07. The van der Waals surface area contributed by atoms with Crippen molar-refractivity contribution in [3.63, 3.8) is 0 Å². The maximum atomic E-state index is 11.8. The number of rotatable bonds is 8. The number of amides is 2. The van der Waals surface area contributed by atoms with E-state index < -0.39 is 0 Å². The molecular weight excluding hydrogens is 410 g/mol. The Hall–Kier alpha value is -3.46. The van der Waals surface area contributed by atoms with Crippen molar-refractivity contribution in [2.45, 2.75) is 19.8 Å². The van der Waals surface area contributed by atoms with Gasteiger partial charge in [0, 0.05) is 43.8 Å². The molecule has 1 N–H and O–H groups in total. The van der Waals surface area contributed by atoms with Crippen LogP contribution in [0.5, 0.6) is 5.88 Å². The Morgan fingerprint density at radius 2 is 1.94 bits per heavy atom. The van der Waals surface area contributed by atoms with Gasteiger partial charge in [-0.2, -0.15) is 10.1 Å². The second kappa shape index (κ2) is 10.2. The Labute approximate surface area is 187 Å². The number of benzene rings is 1. The Bertz CT molecular complexity index is 988. The van der Waals surface area contributed by atoms with Crippen molar-refractivity contribution in [1.29, 1.82) is 0 Å². The number of imide groups is 1. The number of aromatic nitrogens is 1. The highest BCUT2D eigenvalue weighted by Gasteiger charge is 2.28. The van der Waals surface area contributed by atoms with Crippen molar-refractivity contribution < 1.29 is 19.1 Å². The predicted molar refractivity (Wildman–Crippen MR) is 121 cm³/mol. The fourth-order valence-corrected chi connectivity index (χ4v) is 3.66. The monoisotopic (exact) mass is 437 g/mol. The van der Waals surface area contributed by atoms with Crippen LogP contribution in [0.3, 0.4) is 0 Å². The maximum Gasteiger partial charge on any atom is 0.229 e. The molecule has 9 nitrogen and oxygen atoms in total. The van der Waals surface area contributed by atoms with E-state index in [1.807, 2.05) is 43.3 Å². The number of nitrogens with zero attached hydrogens (tertiary/aromatic N) is 4. The quantitative estimate of drug-likeness (QED) is 0.384. The highest BCUT2D eigenvalue weighted by molar-refractivity contribution is 6.01. The second-order valence-electron chi connectivity index (χ2n) is 7.72. The third kappa shape index (κ3) is 5.61. The van der Waals surface area contributed by atoms with Crippen molar-refractivity contribution in [2.24, 2.45) is 5.10 Å². The van der Waals surface area contributed by atoms with Crippen LogP contribution in [0.15, 0.2) is 41.5 Å². The lowest BCUT2D eigenvalue weighted by Crippen LogP contribution is -2.36. The molecule has 2 aromatic rings. The van der Waals surface area contributed by atoms with Crippen molar-refractivity contribution in [3.05, 3.63) is 47.5 Å². The lowest BCUT2D eigenvalue weighted by molar-refractivity contribution is -0.138. The fraction of sp³-hybridized carbons (Fsp3) is 0.391. The Morgan fingerprint density at radius 3 is 2.69 bits per heavy atom. The third-order valence-corrected chi connectivity index (χ3v) is 5.32. The van der Waals surface area contributed by atoms with E-state index in [0.717, 1.165) is 29.9 Å². The van der Waals surface area contributed by atoms with Crippen LogP contribution in [-0.4, -0.2) is 67.4 Å². The van der Waals surface area contributed by atoms with Gasteiger partial charge in [0.15, 0.2) is 5.82 Å². The molecule has 3 heterocycles. The van der Waals surface area contributed by atoms with Gasteiger partial charge in [0.2, 0.25) is 17.7 Å². The smallest absolute Gasteiger partial charge is 0.229 e. The topological polar surface area (TPSA) is 96.4 Å². The predicted octanol–water partition coefficient (Wildman–Crippen LogP) is 2.20. The fourth-order valence-electron chi connectivity index (χ4n) is 3.66. The summed E-state index contributed by atoms with van der Waals surface area (Å²) in [5, 5.41) is 4.31. The van der Waals surface area contributed by atoms with Gasteiger partial charge in [0.25, 0.3) is 0 Å². The number of hydrazone groups is 1. The zero-order valence-corrected chi connectivity index (χ0v) is 18.1. The van der Waals surface area contributed by atoms with E-state index >= 15 is 0 Å². The van der Waals surface area contributed by atoms with Gasteiger partial charge in [0.1, 0.15) is 6.61 Å². The van der Waals surface area contributed by atoms with Crippen molar-refractivity contribution >= 4 is 29.5 Å². The zero-order chi connectivity index (χ0) is 22.3. The van der Waals surface area contributed by atoms with Gasteiger partial charge in [-0.1, -0.05) is 29.8 Å². The average molecular weight is 438 g/mol. The lowest BCUT2D eigenvalue weighted by atomic mass is 10.2. The summed E-state index contributed by atoms with van der Waals surface area (Å²) in [6.45, 7) is 5.29. The first kappa shape index (κ1) is 21.8. The van der Waals surface area contributed by atoms with E-state index in [1.165, 1.54) is 4.90 Å². The normalized spacial score (nSPS) is 16.8. The van der Waals surface area contributed by atoms with Crippen molar-refractivity contribution in [1.82, 2.24) is 9.88 Å². The van der Waals surface area contributed by atoms with E-state index in [0.29, 0.717) is 24.9 Å². The number of carbonyl (C=O) groups excluding carboxylic acids is 2. The molecule has 32 heavy (non-hydrogen) atoms. The summed E-state index contributed by atoms with van der Waals surface area (Å²) in [6.07, 6.45) is 2.29. The first-order chi connectivity index (χ1) is 15.6. The standard InChI is InChI=1S/C23H27N5O4/c1-17-3-2-4-18(13-17)16-24-26-20-14-19(27-7-10-31-11-8-27)15-21(25-20)32-12-9-28-22(29)5-6-23(28)30/h2-4,13-16H,5-12H2,1H3,(H,25,26)/b24-16+. The molecule has 2 saturated heterocycles. The average Bonchev–Trinajstić information content (AvgIpc) is 3.12. The van der Waals surface area contributed by atoms with E-state index in [2.05, 4.69) is 20.4 Å². The van der Waals surface area contributed by atoms with Gasteiger partial charge in [-0.15, -0.1) is 0 Å². The number of hydrogen-bond donors (Lipinski definition) is 1. The number of likely N-dealkylation sites (tertiary alicyclic amines) is 1. The molecule has 2 fully saturated rings. The molecule has 2 aliphatic heterocycles. The molecule has 9 heteroatoms. The van der Waals surface area contributed by atoms with Crippen molar-refractivity contribution in [2.75, 3.05) is 49.8 Å². The second-order valence-corrected chi connectivity index (χ2v) is 7.72. The van der Waals surface area contributed by atoms with Crippen LogP contribution in [0.4, 0.5) is 11.5 Å². The molecule has 0 spiro atoms. The van der Waals surface area contributed by atoms with Gasteiger partial charge in [-0.25, -0.2) is 0 Å². The molecule has 0 atom stereocenters. The molecule has 1 aromatic heterocycles. The molecule has 0 bridgehead atoms. The highest BCUT2D eigenvalue weighted by Crippen LogP contribution is 2.25. The summed E-state index contributed by atoms with van der Waals surface area (Å²) >= 11 is 0. The summed E-state index contributed by atoms with van der Waals surface area (Å²) in [6, 6.07) is 11.8. The molecule has 0 radical (unpaired) electrons. The van der Waals surface area contributed by atoms with Gasteiger partial charge in [-0.3, -0.25) is 19.9 Å². The number of ether oxygens (including phenoxy) is 2. The van der Waals surface area contributed by atoms with Crippen molar-refractivity contribution in [3.8, 4) is 5.88 Å². The molecule has 2 aliphatic rings. The molecule has 4 rings (SSSR count). The van der Waals surface area contributed by atoms with Crippen LogP contribution >= 0.6 is 0 Å². The SMILES string of the molecule is Cc1cccc(/C=N/Nc2cc(N3CCOCC3)cc(OCCN3C(=O)CCC3=O)n2)c1. The number of carbonyl (C=O) groups is 2. The van der Waals surface area contributed by atoms with E-state index in [4.69, 9.17) is 9.47 Å². The summed E-state index contributed by atoms with van der Waals surface area (Å²) < 4.78 is 11.3. The number of pyridine rings is 1. The first-order valence-electron chi connectivity index (χ1n) is 10.7. The van der Waals surface area contributed by atoms with Crippen LogP contribution in [0, 0.1) is 6.92 Å². The van der Waals surface area contributed by atoms with Crippen LogP contribution in [0.1, 0.15) is 24.0 Å². The number of nitrogens with one attached hydrogen (secondary N) is 1. The van der Waals surface area contributed by atoms with Gasteiger partial charge >= 0.3 is 0 Å². The highest BCUT2D eigenvalue weighted by atomic mass is 16.5. The minimum atomic E-state index is -0.151. The van der Waals surface area contributed by atoms with Crippen LogP contribution in [0.2, 0.25) is 0 Å². The van der Waals surface area contributed by atoms with Gasteiger partial charge in [0.05, 0.1) is 26.0 Å². The summed E-state index contributed by atoms with van der Waals surface area (Å²) in [5.74, 6) is 0.644. The largest absolute Gasteiger partial charge is 0.476 e. The van der Waals surface area contributed by atoms with E-state index in [1.54, 1.807) is 6.21 Å². The molecule has 2 amide bonds. The molecule has 0 aliphatic carbocycles. The third-order valence-electron chi connectivity index (χ3n) is 5.32. The Kier molecular flexibility index (Phi) is 6.96.